The molecule has 3 rings (SSSR count). The van der Waals surface area contributed by atoms with E-state index in [2.05, 4.69) is 0 Å². The van der Waals surface area contributed by atoms with Crippen LogP contribution in [0.3, 0.4) is 0 Å². The highest BCUT2D eigenvalue weighted by Crippen LogP contribution is 2.29. The summed E-state index contributed by atoms with van der Waals surface area (Å²) in [5, 5.41) is 9.70. The number of piperidine rings is 1. The van der Waals surface area contributed by atoms with Gasteiger partial charge >= 0.3 is 0 Å². The van der Waals surface area contributed by atoms with Gasteiger partial charge in [0.2, 0.25) is 0 Å². The van der Waals surface area contributed by atoms with Gasteiger partial charge in [0.1, 0.15) is 17.4 Å². The second-order valence-electron chi connectivity index (χ2n) is 6.08. The van der Waals surface area contributed by atoms with Crippen molar-refractivity contribution in [1.82, 2.24) is 4.90 Å². The summed E-state index contributed by atoms with van der Waals surface area (Å²) < 4.78 is 26.9. The van der Waals surface area contributed by atoms with Crippen LogP contribution in [0.15, 0.2) is 42.5 Å². The Morgan fingerprint density at radius 2 is 1.68 bits per heavy atom. The summed E-state index contributed by atoms with van der Waals surface area (Å²) in [6, 6.07) is 10.2. The average Bonchev–Trinajstić information content (AvgIpc) is 2.61. The molecule has 2 aromatic rings. The summed E-state index contributed by atoms with van der Waals surface area (Å²) in [5.74, 6) is -3.86. The zero-order chi connectivity index (χ0) is 18.0. The number of nitrogens with zero attached hydrogens (tertiary/aromatic N) is 1. The minimum Gasteiger partial charge on any atom is -0.507 e. The molecule has 0 radical (unpaired) electrons. The third kappa shape index (κ3) is 3.52. The van der Waals surface area contributed by atoms with Crippen LogP contribution in [0.5, 0.6) is 5.75 Å². The number of aromatic hydroxyl groups is 1. The van der Waals surface area contributed by atoms with E-state index in [1.807, 2.05) is 6.07 Å². The Hall–Kier alpha value is -2.76. The topological polar surface area (TPSA) is 57.6 Å². The van der Waals surface area contributed by atoms with E-state index in [0.717, 1.165) is 6.07 Å². The summed E-state index contributed by atoms with van der Waals surface area (Å²) in [6.45, 7) is 0.738. The van der Waals surface area contributed by atoms with E-state index < -0.39 is 34.6 Å². The molecule has 0 bridgehead atoms. The number of carbonyl (C=O) groups is 2. The standard InChI is InChI=1S/C19H17F2NO3/c20-14-10-15(21)17(16(23)11-14)18(24)12-6-8-22(9-7-12)19(25)13-4-2-1-3-5-13/h1-5,10-12,23H,6-9H2. The quantitative estimate of drug-likeness (QED) is 0.868. The summed E-state index contributed by atoms with van der Waals surface area (Å²) in [4.78, 5) is 26.5. The Morgan fingerprint density at radius 3 is 2.28 bits per heavy atom. The number of phenols is 1. The van der Waals surface area contributed by atoms with Gasteiger partial charge in [-0.05, 0) is 25.0 Å². The van der Waals surface area contributed by atoms with Crippen LogP contribution in [-0.2, 0) is 0 Å². The van der Waals surface area contributed by atoms with E-state index >= 15 is 0 Å². The van der Waals surface area contributed by atoms with Crippen molar-refractivity contribution in [3.05, 3.63) is 65.2 Å². The van der Waals surface area contributed by atoms with Crippen LogP contribution in [-0.4, -0.2) is 34.8 Å². The van der Waals surface area contributed by atoms with Gasteiger partial charge in [0.05, 0.1) is 5.56 Å². The van der Waals surface area contributed by atoms with Crippen molar-refractivity contribution in [2.75, 3.05) is 13.1 Å². The molecule has 2 aromatic carbocycles. The number of benzene rings is 2. The normalized spacial score (nSPS) is 15.2. The molecule has 25 heavy (non-hydrogen) atoms. The fraction of sp³-hybridized carbons (Fsp3) is 0.263. The van der Waals surface area contributed by atoms with Crippen LogP contribution in [0.1, 0.15) is 33.6 Å². The lowest BCUT2D eigenvalue weighted by molar-refractivity contribution is 0.0648. The largest absolute Gasteiger partial charge is 0.507 e. The molecule has 130 valence electrons. The van der Waals surface area contributed by atoms with Crippen LogP contribution in [0.25, 0.3) is 0 Å². The predicted octanol–water partition coefficient (Wildman–Crippen LogP) is 3.41. The number of halogens is 2. The lowest BCUT2D eigenvalue weighted by Gasteiger charge is -2.31. The van der Waals surface area contributed by atoms with Crippen LogP contribution < -0.4 is 0 Å². The van der Waals surface area contributed by atoms with Crippen LogP contribution >= 0.6 is 0 Å². The van der Waals surface area contributed by atoms with Gasteiger partial charge in [-0.3, -0.25) is 9.59 Å². The maximum absolute atomic E-state index is 13.9. The van der Waals surface area contributed by atoms with Gasteiger partial charge in [0, 0.05) is 36.7 Å². The molecule has 6 heteroatoms. The van der Waals surface area contributed by atoms with Gasteiger partial charge < -0.3 is 10.0 Å². The lowest BCUT2D eigenvalue weighted by atomic mass is 9.88. The Morgan fingerprint density at radius 1 is 1.04 bits per heavy atom. The number of rotatable bonds is 3. The Labute approximate surface area is 143 Å². The minimum absolute atomic E-state index is 0.109. The van der Waals surface area contributed by atoms with Crippen LogP contribution in [0.4, 0.5) is 8.78 Å². The number of likely N-dealkylation sites (tertiary alicyclic amines) is 1. The molecule has 0 saturated carbocycles. The number of carbonyl (C=O) groups excluding carboxylic acids is 2. The molecule has 0 aromatic heterocycles. The fourth-order valence-corrected chi connectivity index (χ4v) is 3.12. The molecule has 0 aliphatic carbocycles. The Kier molecular flexibility index (Phi) is 4.79. The van der Waals surface area contributed by atoms with Gasteiger partial charge in [-0.15, -0.1) is 0 Å². The molecule has 1 fully saturated rings. The van der Waals surface area contributed by atoms with Gasteiger partial charge in [0.25, 0.3) is 5.91 Å². The zero-order valence-electron chi connectivity index (χ0n) is 13.4. The summed E-state index contributed by atoms with van der Waals surface area (Å²) >= 11 is 0. The maximum atomic E-state index is 13.9. The van der Waals surface area contributed by atoms with Crippen molar-refractivity contribution in [3.8, 4) is 5.75 Å². The molecule has 0 unspecified atom stereocenters. The van der Waals surface area contributed by atoms with Crippen molar-refractivity contribution >= 4 is 11.7 Å². The zero-order valence-corrected chi connectivity index (χ0v) is 13.4. The van der Waals surface area contributed by atoms with Crippen molar-refractivity contribution in [1.29, 1.82) is 0 Å². The second-order valence-corrected chi connectivity index (χ2v) is 6.08. The fourth-order valence-electron chi connectivity index (χ4n) is 3.12. The number of amides is 1. The van der Waals surface area contributed by atoms with E-state index in [1.54, 1.807) is 29.2 Å². The van der Waals surface area contributed by atoms with E-state index in [9.17, 15) is 23.5 Å². The predicted molar refractivity (Wildman–Crippen MR) is 87.4 cm³/mol. The van der Waals surface area contributed by atoms with Crippen molar-refractivity contribution < 1.29 is 23.5 Å². The van der Waals surface area contributed by atoms with Crippen molar-refractivity contribution in [2.45, 2.75) is 12.8 Å². The Balaban J connectivity index is 1.68. The van der Waals surface area contributed by atoms with Crippen LogP contribution in [0.2, 0.25) is 0 Å². The first-order chi connectivity index (χ1) is 12.0. The highest BCUT2D eigenvalue weighted by Gasteiger charge is 2.31. The van der Waals surface area contributed by atoms with E-state index in [1.165, 1.54) is 0 Å². The average molecular weight is 345 g/mol. The smallest absolute Gasteiger partial charge is 0.253 e. The van der Waals surface area contributed by atoms with Gasteiger partial charge in [-0.1, -0.05) is 18.2 Å². The molecule has 0 atom stereocenters. The molecule has 1 N–H and O–H groups in total. The molecule has 1 aliphatic rings. The van der Waals surface area contributed by atoms with E-state index in [4.69, 9.17) is 0 Å². The minimum atomic E-state index is -1.06. The number of ketones is 1. The molecule has 1 saturated heterocycles. The van der Waals surface area contributed by atoms with Crippen LogP contribution in [0, 0.1) is 17.6 Å². The number of hydrogen-bond acceptors (Lipinski definition) is 3. The lowest BCUT2D eigenvalue weighted by Crippen LogP contribution is -2.40. The summed E-state index contributed by atoms with van der Waals surface area (Å²) in [7, 11) is 0. The van der Waals surface area contributed by atoms with Gasteiger partial charge in [-0.2, -0.15) is 0 Å². The third-order valence-corrected chi connectivity index (χ3v) is 4.45. The highest BCUT2D eigenvalue weighted by atomic mass is 19.1. The SMILES string of the molecule is O=C(c1c(O)cc(F)cc1F)C1CCN(C(=O)c2ccccc2)CC1. The molecular formula is C19H17F2NO3. The molecule has 1 aliphatic heterocycles. The van der Waals surface area contributed by atoms with Gasteiger partial charge in [0.15, 0.2) is 5.78 Å². The molecule has 1 amide bonds. The first-order valence-electron chi connectivity index (χ1n) is 8.04. The van der Waals surface area contributed by atoms with Crippen molar-refractivity contribution in [2.24, 2.45) is 5.92 Å². The first kappa shape index (κ1) is 17.1. The van der Waals surface area contributed by atoms with Crippen molar-refractivity contribution in [3.63, 3.8) is 0 Å². The molecule has 0 spiro atoms. The number of Topliss-reactive ketones (excluding diaryl/α,β-unsaturated/α-hetero) is 1. The first-order valence-corrected chi connectivity index (χ1v) is 8.04. The third-order valence-electron chi connectivity index (χ3n) is 4.45. The van der Waals surface area contributed by atoms with E-state index in [0.29, 0.717) is 37.6 Å². The number of hydrogen-bond donors (Lipinski definition) is 1. The number of phenolic OH excluding ortho intramolecular Hbond substituents is 1. The summed E-state index contributed by atoms with van der Waals surface area (Å²) in [6.07, 6.45) is 0.737. The maximum Gasteiger partial charge on any atom is 0.253 e. The van der Waals surface area contributed by atoms with Gasteiger partial charge in [-0.25, -0.2) is 8.78 Å². The molecular weight excluding hydrogens is 328 g/mol. The van der Waals surface area contributed by atoms with E-state index in [-0.39, 0.29) is 5.91 Å². The highest BCUT2D eigenvalue weighted by molar-refractivity contribution is 6.01. The Bertz CT molecular complexity index is 777. The second kappa shape index (κ2) is 7.01. The summed E-state index contributed by atoms with van der Waals surface area (Å²) in [5.41, 5.74) is 0.101. The molecule has 4 nitrogen and oxygen atoms in total. The monoisotopic (exact) mass is 345 g/mol. The molecule has 1 heterocycles.